The maximum Gasteiger partial charge on any atom is 0.132 e. The van der Waals surface area contributed by atoms with Crippen LogP contribution in [-0.4, -0.2) is 4.57 Å². The smallest absolute Gasteiger partial charge is 0.132 e. The van der Waals surface area contributed by atoms with Crippen LogP contribution < -0.4 is 9.64 Å². The van der Waals surface area contributed by atoms with E-state index in [2.05, 4.69) is 228 Å². The van der Waals surface area contributed by atoms with Crippen LogP contribution in [0.3, 0.4) is 0 Å². The highest BCUT2D eigenvalue weighted by Gasteiger charge is 2.49. The number of ether oxygens (including phenoxy) is 1. The zero-order valence-corrected chi connectivity index (χ0v) is 32.6. The van der Waals surface area contributed by atoms with Crippen molar-refractivity contribution < 1.29 is 4.74 Å². The molecule has 0 saturated heterocycles. The van der Waals surface area contributed by atoms with Gasteiger partial charge >= 0.3 is 0 Å². The van der Waals surface area contributed by atoms with Crippen molar-refractivity contribution >= 4 is 60.4 Å². The zero-order valence-electron chi connectivity index (χ0n) is 32.6. The summed E-state index contributed by atoms with van der Waals surface area (Å²) in [5.74, 6) is 1.77. The highest BCUT2D eigenvalue weighted by molar-refractivity contribution is 6.11. The van der Waals surface area contributed by atoms with Gasteiger partial charge in [-0.1, -0.05) is 158 Å². The van der Waals surface area contributed by atoms with Gasteiger partial charge in [-0.15, -0.1) is 0 Å². The third-order valence-electron chi connectivity index (χ3n) is 13.0. The summed E-state index contributed by atoms with van der Waals surface area (Å²) in [4.78, 5) is 2.47. The molecule has 1 aliphatic heterocycles. The van der Waals surface area contributed by atoms with Crippen molar-refractivity contribution in [2.24, 2.45) is 0 Å². The Labute approximate surface area is 347 Å². The van der Waals surface area contributed by atoms with Gasteiger partial charge in [-0.3, -0.25) is 0 Å². The quantitative estimate of drug-likeness (QED) is 0.178. The van der Waals surface area contributed by atoms with E-state index >= 15 is 0 Å². The highest BCUT2D eigenvalue weighted by atomic mass is 16.5. The van der Waals surface area contributed by atoms with Crippen LogP contribution in [0.5, 0.6) is 11.5 Å². The van der Waals surface area contributed by atoms with Gasteiger partial charge in [-0.05, 0) is 99.1 Å². The molecular formula is C57H36N2O. The molecule has 10 aromatic carbocycles. The maximum atomic E-state index is 6.77. The lowest BCUT2D eigenvalue weighted by molar-refractivity contribution is 0.435. The van der Waals surface area contributed by atoms with Crippen LogP contribution in [0.2, 0.25) is 0 Å². The van der Waals surface area contributed by atoms with Gasteiger partial charge in [0.2, 0.25) is 0 Å². The molecule has 0 bridgehead atoms. The minimum absolute atomic E-state index is 0.654. The molecule has 0 amide bonds. The van der Waals surface area contributed by atoms with Crippen molar-refractivity contribution in [3.8, 4) is 28.3 Å². The van der Waals surface area contributed by atoms with Crippen LogP contribution >= 0.6 is 0 Å². The number of fused-ring (bicyclic) bond motifs is 12. The monoisotopic (exact) mass is 764 g/mol. The average molecular weight is 765 g/mol. The standard InChI is InChI=1S/C57H36N2O/c1-2-19-39(20-3-1)59-52-27-9-6-22-44(52)45-34-32-41(36-53(45)59)58(51-28-14-16-37-15-4-5-21-42(37)51)40-31-33-43-46-23-12-17-38-18-13-26-49(56(38)46)57(50(43)35-40)47-24-7-10-29-54(47)60-55-30-11-8-25-48(55)57/h1-36H. The number of nitrogens with zero attached hydrogens (tertiary/aromatic N) is 2. The van der Waals surface area contributed by atoms with E-state index in [1.807, 2.05) is 0 Å². The predicted molar refractivity (Wildman–Crippen MR) is 248 cm³/mol. The van der Waals surface area contributed by atoms with Gasteiger partial charge < -0.3 is 14.2 Å². The van der Waals surface area contributed by atoms with Crippen molar-refractivity contribution in [3.63, 3.8) is 0 Å². The number of rotatable bonds is 4. The first-order chi connectivity index (χ1) is 29.8. The fraction of sp³-hybridized carbons (Fsp3) is 0.0175. The summed E-state index contributed by atoms with van der Waals surface area (Å²) in [7, 11) is 0. The van der Waals surface area contributed by atoms with Crippen LogP contribution in [0, 0.1) is 0 Å². The van der Waals surface area contributed by atoms with Crippen molar-refractivity contribution in [3.05, 3.63) is 241 Å². The summed E-state index contributed by atoms with van der Waals surface area (Å²) in [5.41, 5.74) is 13.4. The minimum atomic E-state index is -0.654. The van der Waals surface area contributed by atoms with Gasteiger partial charge in [-0.2, -0.15) is 0 Å². The molecule has 1 aromatic heterocycles. The zero-order chi connectivity index (χ0) is 39.4. The number of para-hydroxylation sites is 4. The third kappa shape index (κ3) is 4.49. The summed E-state index contributed by atoms with van der Waals surface area (Å²) in [6.45, 7) is 0. The van der Waals surface area contributed by atoms with Gasteiger partial charge in [0, 0.05) is 44.3 Å². The molecule has 0 radical (unpaired) electrons. The first kappa shape index (κ1) is 33.1. The molecule has 0 unspecified atom stereocenters. The Hall–Kier alpha value is -7.88. The van der Waals surface area contributed by atoms with E-state index < -0.39 is 5.41 Å². The molecule has 3 nitrogen and oxygen atoms in total. The molecule has 13 rings (SSSR count). The largest absolute Gasteiger partial charge is 0.457 e. The molecule has 0 N–H and O–H groups in total. The van der Waals surface area contributed by atoms with Crippen molar-refractivity contribution in [1.82, 2.24) is 4.57 Å². The summed E-state index contributed by atoms with van der Waals surface area (Å²) >= 11 is 0. The number of aromatic nitrogens is 1. The second-order valence-corrected chi connectivity index (χ2v) is 16.0. The molecule has 1 spiro atoms. The number of anilines is 3. The summed E-state index contributed by atoms with van der Waals surface area (Å²) in [6.07, 6.45) is 0. The second kappa shape index (κ2) is 12.6. The van der Waals surface area contributed by atoms with Crippen LogP contribution in [-0.2, 0) is 5.41 Å². The molecule has 0 fully saturated rings. The van der Waals surface area contributed by atoms with Crippen LogP contribution in [0.25, 0.3) is 60.2 Å². The molecule has 2 aliphatic rings. The minimum Gasteiger partial charge on any atom is -0.457 e. The van der Waals surface area contributed by atoms with Crippen molar-refractivity contribution in [1.29, 1.82) is 0 Å². The normalized spacial score (nSPS) is 13.3. The van der Waals surface area contributed by atoms with E-state index in [0.29, 0.717) is 0 Å². The summed E-state index contributed by atoms with van der Waals surface area (Å²) in [6, 6.07) is 79.9. The van der Waals surface area contributed by atoms with Crippen molar-refractivity contribution in [2.75, 3.05) is 4.90 Å². The Morgan fingerprint density at radius 2 is 0.983 bits per heavy atom. The number of hydrogen-bond acceptors (Lipinski definition) is 2. The van der Waals surface area contributed by atoms with E-state index in [4.69, 9.17) is 4.74 Å². The maximum absolute atomic E-state index is 6.77. The Balaban J connectivity index is 1.15. The second-order valence-electron chi connectivity index (χ2n) is 16.0. The molecular weight excluding hydrogens is 729 g/mol. The first-order valence-corrected chi connectivity index (χ1v) is 20.7. The van der Waals surface area contributed by atoms with Crippen LogP contribution in [0.15, 0.2) is 218 Å². The van der Waals surface area contributed by atoms with E-state index in [0.717, 1.165) is 50.9 Å². The lowest BCUT2D eigenvalue weighted by Gasteiger charge is -2.45. The van der Waals surface area contributed by atoms with Gasteiger partial charge in [0.05, 0.1) is 22.1 Å². The third-order valence-corrected chi connectivity index (χ3v) is 13.0. The van der Waals surface area contributed by atoms with Gasteiger partial charge in [0.1, 0.15) is 11.5 Å². The predicted octanol–water partition coefficient (Wildman–Crippen LogP) is 15.0. The summed E-state index contributed by atoms with van der Waals surface area (Å²) in [5, 5.41) is 7.37. The SMILES string of the molecule is c1ccc(-n2c3ccccc3c3ccc(N(c4ccc5c(c4)C4(c6ccccc6Oc6ccccc64)c4cccc6cccc-5c46)c4cccc5ccccc45)cc32)cc1. The van der Waals surface area contributed by atoms with Crippen LogP contribution in [0.1, 0.15) is 22.3 Å². The number of hydrogen-bond donors (Lipinski definition) is 0. The van der Waals surface area contributed by atoms with Gasteiger partial charge in [-0.25, -0.2) is 0 Å². The van der Waals surface area contributed by atoms with E-state index in [1.54, 1.807) is 0 Å². The molecule has 0 saturated carbocycles. The molecule has 11 aromatic rings. The van der Waals surface area contributed by atoms with E-state index in [-0.39, 0.29) is 0 Å². The van der Waals surface area contributed by atoms with Crippen LogP contribution in [0.4, 0.5) is 17.1 Å². The lowest BCUT2D eigenvalue weighted by atomic mass is 9.58. The topological polar surface area (TPSA) is 17.4 Å². The van der Waals surface area contributed by atoms with Gasteiger partial charge in [0.25, 0.3) is 0 Å². The Morgan fingerprint density at radius 3 is 1.82 bits per heavy atom. The fourth-order valence-corrected chi connectivity index (χ4v) is 10.6. The summed E-state index contributed by atoms with van der Waals surface area (Å²) < 4.78 is 9.18. The molecule has 280 valence electrons. The Morgan fingerprint density at radius 1 is 0.383 bits per heavy atom. The molecule has 0 atom stereocenters. The lowest BCUT2D eigenvalue weighted by Crippen LogP contribution is -2.36. The Bertz CT molecular complexity index is 3490. The number of benzene rings is 10. The Kier molecular flexibility index (Phi) is 6.93. The molecule has 60 heavy (non-hydrogen) atoms. The van der Waals surface area contributed by atoms with Crippen molar-refractivity contribution in [2.45, 2.75) is 5.41 Å². The fourth-order valence-electron chi connectivity index (χ4n) is 10.6. The molecule has 3 heteroatoms. The molecule has 1 aliphatic carbocycles. The first-order valence-electron chi connectivity index (χ1n) is 20.7. The van der Waals surface area contributed by atoms with E-state index in [9.17, 15) is 0 Å². The van der Waals surface area contributed by atoms with Gasteiger partial charge in [0.15, 0.2) is 0 Å². The van der Waals surface area contributed by atoms with E-state index in [1.165, 1.54) is 60.1 Å². The molecule has 2 heterocycles. The highest BCUT2D eigenvalue weighted by Crippen LogP contribution is 2.62. The average Bonchev–Trinajstić information content (AvgIpc) is 3.64.